The Kier molecular flexibility index (Phi) is 6.40. The van der Waals surface area contributed by atoms with Gasteiger partial charge in [-0.3, -0.25) is 4.72 Å². The van der Waals surface area contributed by atoms with Crippen LogP contribution >= 0.6 is 35.4 Å². The summed E-state index contributed by atoms with van der Waals surface area (Å²) in [6, 6.07) is 0.325. The summed E-state index contributed by atoms with van der Waals surface area (Å²) in [5, 5.41) is 0. The zero-order valence-electron chi connectivity index (χ0n) is 5.60. The molecule has 1 N–H and O–H groups in total. The number of ether oxygens (including phenoxy) is 1. The maximum Gasteiger partial charge on any atom is 0.106 e. The minimum Gasteiger partial charge on any atom is -0.367 e. The van der Waals surface area contributed by atoms with Gasteiger partial charge in [-0.1, -0.05) is 35.4 Å². The van der Waals surface area contributed by atoms with Gasteiger partial charge in [-0.25, -0.2) is 0 Å². The predicted molar refractivity (Wildman–Crippen MR) is 51.0 cm³/mol. The van der Waals surface area contributed by atoms with E-state index in [1.165, 1.54) is 0 Å². The van der Waals surface area contributed by atoms with Crippen LogP contribution in [0.25, 0.3) is 0 Å². The van der Waals surface area contributed by atoms with Gasteiger partial charge >= 0.3 is 0 Å². The summed E-state index contributed by atoms with van der Waals surface area (Å²) in [7, 11) is 0. The van der Waals surface area contributed by atoms with Crippen LogP contribution in [-0.2, 0) is 4.74 Å². The van der Waals surface area contributed by atoms with Crippen molar-refractivity contribution in [3.63, 3.8) is 0 Å². The van der Waals surface area contributed by atoms with Gasteiger partial charge in [-0.05, 0) is 13.8 Å². The number of alkyl halides is 1. The Morgan fingerprint density at radius 1 is 1.67 bits per heavy atom. The van der Waals surface area contributed by atoms with Gasteiger partial charge in [0.25, 0.3) is 0 Å². The SMILES string of the molecule is CC(COC(C)I)NS. The van der Waals surface area contributed by atoms with E-state index in [0.29, 0.717) is 12.6 Å². The van der Waals surface area contributed by atoms with Gasteiger partial charge < -0.3 is 4.74 Å². The highest BCUT2D eigenvalue weighted by molar-refractivity contribution is 14.1. The number of hydrogen-bond donors (Lipinski definition) is 2. The second-order valence-corrected chi connectivity index (χ2v) is 3.92. The molecule has 0 radical (unpaired) electrons. The quantitative estimate of drug-likeness (QED) is 0.456. The molecule has 0 saturated carbocycles. The number of thiol groups is 1. The molecule has 0 aliphatic rings. The topological polar surface area (TPSA) is 21.3 Å². The molecule has 0 saturated heterocycles. The van der Waals surface area contributed by atoms with E-state index in [0.717, 1.165) is 0 Å². The van der Waals surface area contributed by atoms with Gasteiger partial charge in [0.05, 0.1) is 6.61 Å². The van der Waals surface area contributed by atoms with Crippen LogP contribution in [0.15, 0.2) is 0 Å². The molecule has 0 spiro atoms. The molecule has 0 aromatic heterocycles. The smallest absolute Gasteiger partial charge is 0.106 e. The second-order valence-electron chi connectivity index (χ2n) is 1.91. The van der Waals surface area contributed by atoms with Crippen LogP contribution in [0.2, 0.25) is 0 Å². The molecule has 0 aromatic rings. The van der Waals surface area contributed by atoms with E-state index in [2.05, 4.69) is 40.1 Å². The first-order valence-corrected chi connectivity index (χ1v) is 4.51. The summed E-state index contributed by atoms with van der Waals surface area (Å²) in [6.45, 7) is 4.74. The third kappa shape index (κ3) is 6.89. The zero-order valence-corrected chi connectivity index (χ0v) is 8.65. The van der Waals surface area contributed by atoms with Crippen LogP contribution in [-0.4, -0.2) is 16.8 Å². The number of nitrogens with one attached hydrogen (secondary N) is 1. The minimum atomic E-state index is 0.284. The average molecular weight is 261 g/mol. The molecule has 2 unspecified atom stereocenters. The first-order valence-electron chi connectivity index (χ1n) is 2.82. The zero-order chi connectivity index (χ0) is 7.28. The molecule has 0 heterocycles. The molecule has 56 valence electrons. The van der Waals surface area contributed by atoms with E-state index in [1.54, 1.807) is 0 Å². The Bertz CT molecular complexity index is 72.0. The standard InChI is InChI=1S/C5H12INOS/c1-4(7-9)3-8-5(2)6/h4-5,7,9H,3H2,1-2H3. The molecule has 0 amide bonds. The lowest BCUT2D eigenvalue weighted by molar-refractivity contribution is 0.122. The number of rotatable bonds is 4. The number of halogens is 1. The molecule has 4 heteroatoms. The molecular weight excluding hydrogens is 249 g/mol. The largest absolute Gasteiger partial charge is 0.367 e. The summed E-state index contributed by atoms with van der Waals surface area (Å²) >= 11 is 6.10. The maximum absolute atomic E-state index is 5.27. The molecule has 2 atom stereocenters. The molecule has 9 heavy (non-hydrogen) atoms. The molecule has 0 bridgehead atoms. The second kappa shape index (κ2) is 5.76. The van der Waals surface area contributed by atoms with Crippen molar-refractivity contribution < 1.29 is 4.74 Å². The van der Waals surface area contributed by atoms with Crippen molar-refractivity contribution >= 4 is 35.4 Å². The van der Waals surface area contributed by atoms with Gasteiger partial charge in [0, 0.05) is 6.04 Å². The lowest BCUT2D eigenvalue weighted by atomic mass is 10.4. The van der Waals surface area contributed by atoms with Gasteiger partial charge in [-0.15, -0.1) is 0 Å². The summed E-state index contributed by atoms with van der Waals surface area (Å²) in [4.78, 5) is 0. The fraction of sp³-hybridized carbons (Fsp3) is 1.00. The van der Waals surface area contributed by atoms with Crippen molar-refractivity contribution in [1.82, 2.24) is 4.72 Å². The van der Waals surface area contributed by atoms with Gasteiger partial charge in [0.2, 0.25) is 0 Å². The van der Waals surface area contributed by atoms with Crippen LogP contribution in [0, 0.1) is 0 Å². The Hall–Kier alpha value is 1.000. The van der Waals surface area contributed by atoms with Crippen LogP contribution < -0.4 is 4.72 Å². The summed E-state index contributed by atoms with van der Waals surface area (Å²) in [5.41, 5.74) is 0. The highest BCUT2D eigenvalue weighted by Crippen LogP contribution is 2.00. The maximum atomic E-state index is 5.27. The summed E-state index contributed by atoms with van der Waals surface area (Å²) in [6.07, 6.45) is 0. The third-order valence-corrected chi connectivity index (χ3v) is 1.60. The fourth-order valence-corrected chi connectivity index (χ4v) is 0.596. The highest BCUT2D eigenvalue weighted by atomic mass is 127. The molecular formula is C5H12INOS. The van der Waals surface area contributed by atoms with Gasteiger partial charge in [0.15, 0.2) is 0 Å². The van der Waals surface area contributed by atoms with E-state index < -0.39 is 0 Å². The monoisotopic (exact) mass is 261 g/mol. The predicted octanol–water partition coefficient (Wildman–Crippen LogP) is 1.61. The van der Waals surface area contributed by atoms with Crippen molar-refractivity contribution in [3.05, 3.63) is 0 Å². The first-order chi connectivity index (χ1) is 4.16. The first kappa shape index (κ1) is 10.0. The molecule has 0 aromatic carbocycles. The van der Waals surface area contributed by atoms with Crippen molar-refractivity contribution in [1.29, 1.82) is 0 Å². The molecule has 0 aliphatic heterocycles. The van der Waals surface area contributed by atoms with E-state index >= 15 is 0 Å². The lowest BCUT2D eigenvalue weighted by Crippen LogP contribution is -2.23. The van der Waals surface area contributed by atoms with Gasteiger partial charge in [0.1, 0.15) is 4.11 Å². The molecule has 0 rings (SSSR count). The summed E-state index contributed by atoms with van der Waals surface area (Å²) < 4.78 is 8.34. The highest BCUT2D eigenvalue weighted by Gasteiger charge is 1.99. The Balaban J connectivity index is 3.06. The summed E-state index contributed by atoms with van der Waals surface area (Å²) in [5.74, 6) is 0. The van der Waals surface area contributed by atoms with E-state index in [-0.39, 0.29) is 4.11 Å². The normalized spacial score (nSPS) is 17.3. The van der Waals surface area contributed by atoms with E-state index in [1.807, 2.05) is 13.8 Å². The lowest BCUT2D eigenvalue weighted by Gasteiger charge is -2.10. The molecule has 0 fully saturated rings. The average Bonchev–Trinajstić information content (AvgIpc) is 1.83. The van der Waals surface area contributed by atoms with Crippen molar-refractivity contribution in [2.75, 3.05) is 6.61 Å². The Morgan fingerprint density at radius 3 is 2.56 bits per heavy atom. The van der Waals surface area contributed by atoms with Crippen LogP contribution in [0.3, 0.4) is 0 Å². The van der Waals surface area contributed by atoms with E-state index in [4.69, 9.17) is 4.74 Å². The van der Waals surface area contributed by atoms with Crippen LogP contribution in [0.1, 0.15) is 13.8 Å². The Morgan fingerprint density at radius 2 is 2.22 bits per heavy atom. The van der Waals surface area contributed by atoms with Crippen LogP contribution in [0.4, 0.5) is 0 Å². The minimum absolute atomic E-state index is 0.284. The molecule has 2 nitrogen and oxygen atoms in total. The third-order valence-electron chi connectivity index (χ3n) is 0.796. The van der Waals surface area contributed by atoms with E-state index in [9.17, 15) is 0 Å². The van der Waals surface area contributed by atoms with Crippen LogP contribution in [0.5, 0.6) is 0 Å². The van der Waals surface area contributed by atoms with Crippen molar-refractivity contribution in [3.8, 4) is 0 Å². The fourth-order valence-electron chi connectivity index (χ4n) is 0.314. The Labute approximate surface area is 75.4 Å². The van der Waals surface area contributed by atoms with Crippen molar-refractivity contribution in [2.45, 2.75) is 24.0 Å². The van der Waals surface area contributed by atoms with Crippen molar-refractivity contribution in [2.24, 2.45) is 0 Å². The number of hydrogen-bond acceptors (Lipinski definition) is 3. The van der Waals surface area contributed by atoms with Gasteiger partial charge in [-0.2, -0.15) is 0 Å². The molecule has 0 aliphatic carbocycles.